The number of nitrogens with one attached hydrogen (secondary N) is 1. The molecular weight excluding hydrogens is 259 g/mol. The molecule has 0 saturated heterocycles. The second kappa shape index (κ2) is 5.73. The van der Waals surface area contributed by atoms with Crippen LogP contribution in [-0.2, 0) is 24.2 Å². The largest absolute Gasteiger partial charge is 0.396 e. The molecule has 0 atom stereocenters. The number of fused-ring (bicyclic) bond motifs is 1. The average Bonchev–Trinajstić information content (AvgIpc) is 2.34. The first-order valence-corrected chi connectivity index (χ1v) is 6.26. The van der Waals surface area contributed by atoms with Crippen molar-refractivity contribution in [3.05, 3.63) is 17.1 Å². The summed E-state index contributed by atoms with van der Waals surface area (Å²) in [6, 6.07) is 0. The standard InChI is InChI=1S/C12H16F3N3O/c1-2-4-16-11-8-7-19-5-3-9(8)17-10(18-11)6-12(13,14)15/h2-7H2,1H3,(H,16,17,18). The molecule has 0 fully saturated rings. The summed E-state index contributed by atoms with van der Waals surface area (Å²) in [5.74, 6) is 0.303. The molecule has 2 rings (SSSR count). The number of hydrogen-bond acceptors (Lipinski definition) is 4. The summed E-state index contributed by atoms with van der Waals surface area (Å²) in [4.78, 5) is 8.00. The highest BCUT2D eigenvalue weighted by molar-refractivity contribution is 5.47. The van der Waals surface area contributed by atoms with Crippen LogP contribution in [0.2, 0.25) is 0 Å². The minimum atomic E-state index is -4.29. The molecule has 0 aromatic carbocycles. The molecule has 1 aromatic heterocycles. The lowest BCUT2D eigenvalue weighted by molar-refractivity contribution is -0.128. The van der Waals surface area contributed by atoms with E-state index in [1.807, 2.05) is 6.92 Å². The molecule has 0 amide bonds. The zero-order valence-electron chi connectivity index (χ0n) is 10.7. The number of alkyl halides is 3. The van der Waals surface area contributed by atoms with Crippen LogP contribution in [0.25, 0.3) is 0 Å². The maximum absolute atomic E-state index is 12.4. The van der Waals surface area contributed by atoms with Gasteiger partial charge in [0.15, 0.2) is 0 Å². The van der Waals surface area contributed by atoms with Crippen LogP contribution in [0.4, 0.5) is 19.0 Å². The molecule has 0 aliphatic carbocycles. The quantitative estimate of drug-likeness (QED) is 0.917. The van der Waals surface area contributed by atoms with Crippen molar-refractivity contribution in [1.29, 1.82) is 0 Å². The van der Waals surface area contributed by atoms with Crippen LogP contribution in [0.5, 0.6) is 0 Å². The van der Waals surface area contributed by atoms with Gasteiger partial charge in [-0.2, -0.15) is 13.2 Å². The van der Waals surface area contributed by atoms with E-state index in [9.17, 15) is 13.2 Å². The summed E-state index contributed by atoms with van der Waals surface area (Å²) in [6.45, 7) is 3.49. The maximum Gasteiger partial charge on any atom is 0.396 e. The maximum atomic E-state index is 12.4. The Morgan fingerprint density at radius 1 is 1.32 bits per heavy atom. The average molecular weight is 275 g/mol. The Hall–Kier alpha value is -1.37. The van der Waals surface area contributed by atoms with E-state index in [1.165, 1.54) is 0 Å². The third-order valence-electron chi connectivity index (χ3n) is 2.77. The van der Waals surface area contributed by atoms with Crippen molar-refractivity contribution in [1.82, 2.24) is 9.97 Å². The van der Waals surface area contributed by atoms with Gasteiger partial charge >= 0.3 is 6.18 Å². The molecule has 0 saturated carbocycles. The Labute approximate surface area is 109 Å². The fourth-order valence-electron chi connectivity index (χ4n) is 1.93. The first-order chi connectivity index (χ1) is 8.99. The molecule has 106 valence electrons. The third kappa shape index (κ3) is 3.79. The number of ether oxygens (including phenoxy) is 1. The highest BCUT2D eigenvalue weighted by Gasteiger charge is 2.30. The van der Waals surface area contributed by atoms with Crippen molar-refractivity contribution in [2.75, 3.05) is 18.5 Å². The van der Waals surface area contributed by atoms with E-state index in [0.717, 1.165) is 12.0 Å². The van der Waals surface area contributed by atoms with Crippen molar-refractivity contribution in [2.45, 2.75) is 39.0 Å². The molecule has 1 aliphatic rings. The summed E-state index contributed by atoms with van der Waals surface area (Å²) in [7, 11) is 0. The van der Waals surface area contributed by atoms with E-state index in [0.29, 0.717) is 37.7 Å². The Morgan fingerprint density at radius 2 is 2.11 bits per heavy atom. The lowest BCUT2D eigenvalue weighted by Crippen LogP contribution is -2.21. The highest BCUT2D eigenvalue weighted by atomic mass is 19.4. The first-order valence-electron chi connectivity index (χ1n) is 6.26. The molecule has 4 nitrogen and oxygen atoms in total. The Morgan fingerprint density at radius 3 is 2.79 bits per heavy atom. The Kier molecular flexibility index (Phi) is 4.24. The minimum absolute atomic E-state index is 0.174. The number of hydrogen-bond donors (Lipinski definition) is 1. The van der Waals surface area contributed by atoms with Gasteiger partial charge in [-0.1, -0.05) is 6.92 Å². The van der Waals surface area contributed by atoms with Gasteiger partial charge in [-0.3, -0.25) is 0 Å². The summed E-state index contributed by atoms with van der Waals surface area (Å²) in [6.07, 6.45) is -3.98. The molecule has 0 spiro atoms. The monoisotopic (exact) mass is 275 g/mol. The van der Waals surface area contributed by atoms with Crippen LogP contribution >= 0.6 is 0 Å². The zero-order valence-corrected chi connectivity index (χ0v) is 10.7. The van der Waals surface area contributed by atoms with E-state index in [4.69, 9.17) is 4.74 Å². The van der Waals surface area contributed by atoms with Gasteiger partial charge in [-0.05, 0) is 6.42 Å². The minimum Gasteiger partial charge on any atom is -0.376 e. The van der Waals surface area contributed by atoms with Crippen molar-refractivity contribution < 1.29 is 17.9 Å². The van der Waals surface area contributed by atoms with Gasteiger partial charge in [0.05, 0.1) is 18.9 Å². The number of halogens is 3. The first kappa shape index (κ1) is 14.0. The Bertz CT molecular complexity index is 449. The molecule has 0 unspecified atom stereocenters. The van der Waals surface area contributed by atoms with E-state index >= 15 is 0 Å². The van der Waals surface area contributed by atoms with Crippen LogP contribution in [0.1, 0.15) is 30.4 Å². The van der Waals surface area contributed by atoms with Gasteiger partial charge in [0.1, 0.15) is 18.1 Å². The molecule has 19 heavy (non-hydrogen) atoms. The van der Waals surface area contributed by atoms with Crippen molar-refractivity contribution in [3.8, 4) is 0 Å². The van der Waals surface area contributed by atoms with Crippen LogP contribution in [0.15, 0.2) is 0 Å². The molecular formula is C12H16F3N3O. The lowest BCUT2D eigenvalue weighted by Gasteiger charge is -2.20. The molecule has 1 aromatic rings. The second-order valence-electron chi connectivity index (χ2n) is 4.44. The number of rotatable bonds is 4. The van der Waals surface area contributed by atoms with Crippen LogP contribution in [0, 0.1) is 0 Å². The van der Waals surface area contributed by atoms with Gasteiger partial charge in [0.2, 0.25) is 0 Å². The van der Waals surface area contributed by atoms with E-state index < -0.39 is 12.6 Å². The fourth-order valence-corrected chi connectivity index (χ4v) is 1.93. The summed E-state index contributed by atoms with van der Waals surface area (Å²) in [5, 5.41) is 3.05. The van der Waals surface area contributed by atoms with E-state index in [2.05, 4.69) is 15.3 Å². The Balaban J connectivity index is 2.30. The van der Waals surface area contributed by atoms with Gasteiger partial charge in [-0.25, -0.2) is 9.97 Å². The van der Waals surface area contributed by atoms with Crippen molar-refractivity contribution in [3.63, 3.8) is 0 Å². The predicted molar refractivity (Wildman–Crippen MR) is 63.9 cm³/mol. The van der Waals surface area contributed by atoms with E-state index in [-0.39, 0.29) is 5.82 Å². The molecule has 0 radical (unpaired) electrons. The smallest absolute Gasteiger partial charge is 0.376 e. The van der Waals surface area contributed by atoms with E-state index in [1.54, 1.807) is 0 Å². The normalized spacial score (nSPS) is 15.2. The van der Waals surface area contributed by atoms with Crippen LogP contribution < -0.4 is 5.32 Å². The summed E-state index contributed by atoms with van der Waals surface area (Å²) in [5.41, 5.74) is 1.45. The second-order valence-corrected chi connectivity index (χ2v) is 4.44. The zero-order chi connectivity index (χ0) is 13.9. The molecule has 1 aliphatic heterocycles. The number of nitrogens with zero attached hydrogens (tertiary/aromatic N) is 2. The molecule has 2 heterocycles. The topological polar surface area (TPSA) is 47.0 Å². The van der Waals surface area contributed by atoms with Gasteiger partial charge in [-0.15, -0.1) is 0 Å². The van der Waals surface area contributed by atoms with Crippen LogP contribution in [-0.4, -0.2) is 29.3 Å². The number of aromatic nitrogens is 2. The molecule has 7 heteroatoms. The predicted octanol–water partition coefficient (Wildman–Crippen LogP) is 2.48. The van der Waals surface area contributed by atoms with Crippen LogP contribution in [0.3, 0.4) is 0 Å². The SMILES string of the molecule is CCCNc1nc(CC(F)(F)F)nc2c1COCC2. The lowest BCUT2D eigenvalue weighted by atomic mass is 10.1. The summed E-state index contributed by atoms with van der Waals surface area (Å²) >= 11 is 0. The van der Waals surface area contributed by atoms with Gasteiger partial charge in [0, 0.05) is 18.5 Å². The third-order valence-corrected chi connectivity index (χ3v) is 2.77. The summed E-state index contributed by atoms with van der Waals surface area (Å²) < 4.78 is 42.6. The highest BCUT2D eigenvalue weighted by Crippen LogP contribution is 2.25. The molecule has 1 N–H and O–H groups in total. The van der Waals surface area contributed by atoms with Crippen molar-refractivity contribution in [2.24, 2.45) is 0 Å². The van der Waals surface area contributed by atoms with Gasteiger partial charge < -0.3 is 10.1 Å². The van der Waals surface area contributed by atoms with Crippen molar-refractivity contribution >= 4 is 5.82 Å². The van der Waals surface area contributed by atoms with Gasteiger partial charge in [0.25, 0.3) is 0 Å². The molecule has 0 bridgehead atoms. The number of anilines is 1. The fraction of sp³-hybridized carbons (Fsp3) is 0.667.